The van der Waals surface area contributed by atoms with Crippen molar-refractivity contribution in [3.8, 4) is 0 Å². The molecule has 0 aromatic carbocycles. The molecule has 0 spiro atoms. The van der Waals surface area contributed by atoms with Crippen LogP contribution in [0.2, 0.25) is 0 Å². The van der Waals surface area contributed by atoms with Crippen molar-refractivity contribution in [2.45, 2.75) is 57.2 Å². The second kappa shape index (κ2) is 5.12. The van der Waals surface area contributed by atoms with Crippen molar-refractivity contribution in [3.05, 3.63) is 0 Å². The number of carbonyl (C=O) groups excluding carboxylic acids is 2. The molecule has 0 radical (unpaired) electrons. The Labute approximate surface area is 113 Å². The molecular formula is C14H22N2O3. The third kappa shape index (κ3) is 2.61. The van der Waals surface area contributed by atoms with E-state index in [0.717, 1.165) is 38.7 Å². The molecule has 2 amide bonds. The Hall–Kier alpha value is -1.10. The van der Waals surface area contributed by atoms with Crippen molar-refractivity contribution in [3.63, 3.8) is 0 Å². The van der Waals surface area contributed by atoms with E-state index in [1.165, 1.54) is 0 Å². The number of hydrogen-bond acceptors (Lipinski definition) is 3. The zero-order valence-electron chi connectivity index (χ0n) is 11.4. The molecule has 2 heterocycles. The number of amides is 2. The Kier molecular flexibility index (Phi) is 3.48. The number of nitrogens with zero attached hydrogens (tertiary/aromatic N) is 1. The molecule has 19 heavy (non-hydrogen) atoms. The smallest absolute Gasteiger partial charge is 0.246 e. The highest BCUT2D eigenvalue weighted by Crippen LogP contribution is 2.35. The third-order valence-corrected chi connectivity index (χ3v) is 4.50. The van der Waals surface area contributed by atoms with E-state index in [1.807, 2.05) is 6.92 Å². The fourth-order valence-electron chi connectivity index (χ4n) is 3.05. The van der Waals surface area contributed by atoms with Crippen LogP contribution in [0.1, 0.15) is 39.0 Å². The fraction of sp³-hybridized carbons (Fsp3) is 0.857. The van der Waals surface area contributed by atoms with Gasteiger partial charge in [0.05, 0.1) is 6.10 Å². The van der Waals surface area contributed by atoms with Crippen molar-refractivity contribution >= 4 is 11.8 Å². The number of rotatable bonds is 4. The molecular weight excluding hydrogens is 244 g/mol. The summed E-state index contributed by atoms with van der Waals surface area (Å²) < 4.78 is 5.59. The number of nitrogens with one attached hydrogen (secondary N) is 1. The van der Waals surface area contributed by atoms with Crippen LogP contribution in [0.15, 0.2) is 0 Å². The molecule has 0 bridgehead atoms. The highest BCUT2D eigenvalue weighted by atomic mass is 16.5. The highest BCUT2D eigenvalue weighted by molar-refractivity contribution is 5.97. The monoisotopic (exact) mass is 266 g/mol. The van der Waals surface area contributed by atoms with Crippen LogP contribution < -0.4 is 5.32 Å². The lowest BCUT2D eigenvalue weighted by molar-refractivity contribution is -0.149. The van der Waals surface area contributed by atoms with Gasteiger partial charge in [0.25, 0.3) is 0 Å². The summed E-state index contributed by atoms with van der Waals surface area (Å²) in [6, 6.07) is -0.614. The van der Waals surface area contributed by atoms with E-state index in [9.17, 15) is 9.59 Å². The van der Waals surface area contributed by atoms with E-state index in [0.29, 0.717) is 12.5 Å². The van der Waals surface area contributed by atoms with Gasteiger partial charge in [-0.05, 0) is 44.9 Å². The van der Waals surface area contributed by atoms with Gasteiger partial charge in [0, 0.05) is 13.2 Å². The summed E-state index contributed by atoms with van der Waals surface area (Å²) in [4.78, 5) is 26.1. The average Bonchev–Trinajstić information content (AvgIpc) is 3.10. The molecule has 2 aliphatic heterocycles. The van der Waals surface area contributed by atoms with Crippen molar-refractivity contribution in [2.75, 3.05) is 13.2 Å². The van der Waals surface area contributed by atoms with Gasteiger partial charge >= 0.3 is 0 Å². The Morgan fingerprint density at radius 2 is 2.11 bits per heavy atom. The Bertz CT molecular complexity index is 375. The van der Waals surface area contributed by atoms with Crippen LogP contribution in [-0.4, -0.2) is 48.1 Å². The van der Waals surface area contributed by atoms with E-state index >= 15 is 0 Å². The van der Waals surface area contributed by atoms with Gasteiger partial charge in [-0.15, -0.1) is 0 Å². The first-order valence-corrected chi connectivity index (χ1v) is 7.39. The number of piperazine rings is 1. The standard InChI is InChI=1S/C14H22N2O3/c1-9-13(17)15-12(10-4-5-10)14(18)16(9)7-6-11-3-2-8-19-11/h9-12H,2-8H2,1H3,(H,15,17). The predicted octanol–water partition coefficient (Wildman–Crippen LogP) is 0.681. The molecule has 2 saturated heterocycles. The highest BCUT2D eigenvalue weighted by Gasteiger charge is 2.45. The first-order valence-electron chi connectivity index (χ1n) is 7.39. The van der Waals surface area contributed by atoms with Gasteiger partial charge in [-0.1, -0.05) is 0 Å². The number of carbonyl (C=O) groups is 2. The Morgan fingerprint density at radius 1 is 1.32 bits per heavy atom. The molecule has 5 heteroatoms. The van der Waals surface area contributed by atoms with Crippen LogP contribution in [0.4, 0.5) is 0 Å². The molecule has 3 rings (SSSR count). The third-order valence-electron chi connectivity index (χ3n) is 4.50. The van der Waals surface area contributed by atoms with Crippen LogP contribution >= 0.6 is 0 Å². The zero-order valence-corrected chi connectivity index (χ0v) is 11.4. The van der Waals surface area contributed by atoms with Gasteiger partial charge in [-0.2, -0.15) is 0 Å². The predicted molar refractivity (Wildman–Crippen MR) is 69.4 cm³/mol. The van der Waals surface area contributed by atoms with Gasteiger partial charge in [-0.3, -0.25) is 9.59 Å². The maximum Gasteiger partial charge on any atom is 0.246 e. The number of ether oxygens (including phenoxy) is 1. The molecule has 3 unspecified atom stereocenters. The summed E-state index contributed by atoms with van der Waals surface area (Å²) >= 11 is 0. The molecule has 3 atom stereocenters. The van der Waals surface area contributed by atoms with Crippen LogP contribution in [-0.2, 0) is 14.3 Å². The van der Waals surface area contributed by atoms with Crippen molar-refractivity contribution in [1.29, 1.82) is 0 Å². The van der Waals surface area contributed by atoms with E-state index in [4.69, 9.17) is 4.74 Å². The number of hydrogen-bond donors (Lipinski definition) is 1. The summed E-state index contributed by atoms with van der Waals surface area (Å²) in [5.74, 6) is 0.464. The summed E-state index contributed by atoms with van der Waals surface area (Å²) in [6.45, 7) is 3.28. The summed E-state index contributed by atoms with van der Waals surface area (Å²) in [5, 5.41) is 2.87. The SMILES string of the molecule is CC1C(=O)NC(C2CC2)C(=O)N1CCC1CCCO1. The average molecular weight is 266 g/mol. The summed E-state index contributed by atoms with van der Waals surface area (Å²) in [5.41, 5.74) is 0. The van der Waals surface area contributed by atoms with Gasteiger partial charge in [0.2, 0.25) is 11.8 Å². The lowest BCUT2D eigenvalue weighted by Gasteiger charge is -2.38. The largest absolute Gasteiger partial charge is 0.378 e. The van der Waals surface area contributed by atoms with Gasteiger partial charge in [0.1, 0.15) is 12.1 Å². The lowest BCUT2D eigenvalue weighted by atomic mass is 10.0. The van der Waals surface area contributed by atoms with Gasteiger partial charge in [-0.25, -0.2) is 0 Å². The maximum atomic E-state index is 12.4. The lowest BCUT2D eigenvalue weighted by Crippen LogP contribution is -2.63. The van der Waals surface area contributed by atoms with Crippen LogP contribution in [0.5, 0.6) is 0 Å². The molecule has 1 saturated carbocycles. The molecule has 3 fully saturated rings. The minimum atomic E-state index is -0.344. The van der Waals surface area contributed by atoms with E-state index in [2.05, 4.69) is 5.32 Å². The fourth-order valence-corrected chi connectivity index (χ4v) is 3.05. The first kappa shape index (κ1) is 12.9. The van der Waals surface area contributed by atoms with E-state index in [-0.39, 0.29) is 30.0 Å². The van der Waals surface area contributed by atoms with Crippen LogP contribution in [0, 0.1) is 5.92 Å². The van der Waals surface area contributed by atoms with E-state index < -0.39 is 0 Å². The molecule has 0 aromatic heterocycles. The Morgan fingerprint density at radius 3 is 2.74 bits per heavy atom. The maximum absolute atomic E-state index is 12.4. The van der Waals surface area contributed by atoms with E-state index in [1.54, 1.807) is 4.90 Å². The summed E-state index contributed by atoms with van der Waals surface area (Å²) in [6.07, 6.45) is 5.42. The molecule has 5 nitrogen and oxygen atoms in total. The minimum absolute atomic E-state index is 0.0103. The quantitative estimate of drug-likeness (QED) is 0.814. The van der Waals surface area contributed by atoms with Crippen molar-refractivity contribution in [2.24, 2.45) is 5.92 Å². The topological polar surface area (TPSA) is 58.6 Å². The second-order valence-corrected chi connectivity index (χ2v) is 5.95. The molecule has 0 aromatic rings. The molecule has 1 aliphatic carbocycles. The molecule has 106 valence electrons. The van der Waals surface area contributed by atoms with Crippen molar-refractivity contribution < 1.29 is 14.3 Å². The zero-order chi connectivity index (χ0) is 13.4. The Balaban J connectivity index is 1.62. The van der Waals surface area contributed by atoms with Gasteiger partial charge < -0.3 is 15.0 Å². The minimum Gasteiger partial charge on any atom is -0.378 e. The second-order valence-electron chi connectivity index (χ2n) is 5.95. The first-order chi connectivity index (χ1) is 9.16. The molecule has 1 N–H and O–H groups in total. The summed E-state index contributed by atoms with van der Waals surface area (Å²) in [7, 11) is 0. The van der Waals surface area contributed by atoms with Gasteiger partial charge in [0.15, 0.2) is 0 Å². The normalized spacial score (nSPS) is 35.6. The van der Waals surface area contributed by atoms with Crippen LogP contribution in [0.3, 0.4) is 0 Å². The molecule has 3 aliphatic rings. The van der Waals surface area contributed by atoms with Crippen LogP contribution in [0.25, 0.3) is 0 Å². The van der Waals surface area contributed by atoms with Crippen molar-refractivity contribution in [1.82, 2.24) is 10.2 Å².